The van der Waals surface area contributed by atoms with Crippen LogP contribution in [0.4, 0.5) is 0 Å². The van der Waals surface area contributed by atoms with Gasteiger partial charge in [-0.2, -0.15) is 0 Å². The number of aromatic nitrogens is 4. The largest absolute Gasteiger partial charge is 0.309 e. The van der Waals surface area contributed by atoms with E-state index >= 15 is 0 Å². The fourth-order valence-electron chi connectivity index (χ4n) is 10.9. The molecule has 4 nitrogen and oxygen atoms in total. The Hall–Kier alpha value is -9.90. The summed E-state index contributed by atoms with van der Waals surface area (Å²) in [6, 6.07) is 99.9. The normalized spacial score (nSPS) is 11.5. The number of benzene rings is 10. The highest BCUT2D eigenvalue weighted by Crippen LogP contribution is 2.38. The molecule has 74 heavy (non-hydrogen) atoms. The fraction of sp³-hybridized carbons (Fsp3) is 0. The molecule has 0 radical (unpaired) electrons. The van der Waals surface area contributed by atoms with Crippen molar-refractivity contribution >= 4 is 43.6 Å². The minimum atomic E-state index is 0.804. The highest BCUT2D eigenvalue weighted by Gasteiger charge is 2.17. The monoisotopic (exact) mass is 942 g/mol. The summed E-state index contributed by atoms with van der Waals surface area (Å²) in [7, 11) is 0. The summed E-state index contributed by atoms with van der Waals surface area (Å²) in [4.78, 5) is 10.9. The van der Waals surface area contributed by atoms with Crippen molar-refractivity contribution in [3.8, 4) is 89.8 Å². The van der Waals surface area contributed by atoms with Crippen molar-refractivity contribution in [3.63, 3.8) is 0 Å². The molecule has 0 saturated carbocycles. The van der Waals surface area contributed by atoms with Gasteiger partial charge >= 0.3 is 0 Å². The zero-order valence-corrected chi connectivity index (χ0v) is 40.3. The summed E-state index contributed by atoms with van der Waals surface area (Å²) in [5, 5.41) is 5.02. The Morgan fingerprint density at radius 3 is 0.838 bits per heavy atom. The van der Waals surface area contributed by atoms with E-state index in [0.717, 1.165) is 89.8 Å². The summed E-state index contributed by atoms with van der Waals surface area (Å²) in [6.45, 7) is 0. The highest BCUT2D eigenvalue weighted by atomic mass is 15.0. The van der Waals surface area contributed by atoms with Crippen LogP contribution in [0.2, 0.25) is 0 Å². The number of nitrogens with zero attached hydrogens (tertiary/aromatic N) is 4. The molecule has 0 spiro atoms. The summed E-state index contributed by atoms with van der Waals surface area (Å²) >= 11 is 0. The van der Waals surface area contributed by atoms with Gasteiger partial charge in [0.05, 0.1) is 44.8 Å². The maximum atomic E-state index is 5.47. The molecule has 0 N–H and O–H groups in total. The van der Waals surface area contributed by atoms with E-state index in [2.05, 4.69) is 288 Å². The van der Waals surface area contributed by atoms with Crippen LogP contribution in [0, 0.1) is 0 Å². The van der Waals surface area contributed by atoms with Gasteiger partial charge < -0.3 is 9.13 Å². The molecule has 0 amide bonds. The first kappa shape index (κ1) is 42.9. The minimum absolute atomic E-state index is 0.804. The van der Waals surface area contributed by atoms with E-state index < -0.39 is 0 Å². The zero-order valence-electron chi connectivity index (χ0n) is 40.3. The molecule has 0 aliphatic rings. The predicted molar refractivity (Wildman–Crippen MR) is 309 cm³/mol. The van der Waals surface area contributed by atoms with Gasteiger partial charge in [0, 0.05) is 44.0 Å². The molecule has 4 heterocycles. The van der Waals surface area contributed by atoms with E-state index in [4.69, 9.17) is 9.97 Å². The third-order valence-electron chi connectivity index (χ3n) is 14.5. The van der Waals surface area contributed by atoms with Gasteiger partial charge in [0.15, 0.2) is 0 Å². The number of pyridine rings is 2. The van der Waals surface area contributed by atoms with Crippen molar-refractivity contribution < 1.29 is 0 Å². The van der Waals surface area contributed by atoms with Crippen molar-refractivity contribution in [1.29, 1.82) is 0 Å². The van der Waals surface area contributed by atoms with Crippen LogP contribution < -0.4 is 0 Å². The van der Waals surface area contributed by atoms with Gasteiger partial charge in [-0.15, -0.1) is 0 Å². The lowest BCUT2D eigenvalue weighted by molar-refractivity contribution is 1.18. The van der Waals surface area contributed by atoms with Gasteiger partial charge in [0.1, 0.15) is 0 Å². The number of fused-ring (bicyclic) bond motifs is 6. The Labute approximate surface area is 429 Å². The van der Waals surface area contributed by atoms with Crippen LogP contribution in [-0.2, 0) is 0 Å². The van der Waals surface area contributed by atoms with Crippen molar-refractivity contribution in [3.05, 3.63) is 279 Å². The Morgan fingerprint density at radius 2 is 0.473 bits per heavy atom. The van der Waals surface area contributed by atoms with Crippen molar-refractivity contribution in [2.75, 3.05) is 0 Å². The average Bonchev–Trinajstić information content (AvgIpc) is 4.03. The first-order valence-corrected chi connectivity index (χ1v) is 25.2. The van der Waals surface area contributed by atoms with E-state index in [9.17, 15) is 0 Å². The quantitative estimate of drug-likeness (QED) is 0.145. The molecule has 10 aromatic carbocycles. The number of para-hydroxylation sites is 4. The second-order valence-corrected chi connectivity index (χ2v) is 19.0. The summed E-state index contributed by atoms with van der Waals surface area (Å²) in [5.74, 6) is 0. The zero-order chi connectivity index (χ0) is 49.0. The molecule has 14 rings (SSSR count). The van der Waals surface area contributed by atoms with Gasteiger partial charge in [-0.1, -0.05) is 194 Å². The Balaban J connectivity index is 0.843. The first-order chi connectivity index (χ1) is 36.7. The van der Waals surface area contributed by atoms with E-state index in [-0.39, 0.29) is 0 Å². The van der Waals surface area contributed by atoms with E-state index in [0.29, 0.717) is 0 Å². The van der Waals surface area contributed by atoms with Crippen molar-refractivity contribution in [1.82, 2.24) is 19.1 Å². The molecule has 0 aliphatic carbocycles. The van der Waals surface area contributed by atoms with Crippen LogP contribution in [0.3, 0.4) is 0 Å². The van der Waals surface area contributed by atoms with Crippen LogP contribution in [-0.4, -0.2) is 19.1 Å². The molecule has 4 aromatic heterocycles. The summed E-state index contributed by atoms with van der Waals surface area (Å²) < 4.78 is 4.72. The standard InChI is InChI=1S/C70H46N4/c1-3-17-47(18-4-1)55-43-63(53-23-15-21-51(41-53)49-33-37-57(38-34-49)73-67-29-11-7-25-59(67)60-26-8-12-30-68(60)73)71-65(45-55)66-46-56(48-19-5-2-6-20-48)44-64(72-66)54-24-16-22-52(42-54)50-35-39-58(40-36-50)74-69-31-13-9-27-61(69)62-28-10-14-32-70(62)74/h1-46H. The average molecular weight is 943 g/mol. The molecular weight excluding hydrogens is 897 g/mol. The summed E-state index contributed by atoms with van der Waals surface area (Å²) in [5.41, 5.74) is 21.4. The van der Waals surface area contributed by atoms with E-state index in [1.807, 2.05) is 0 Å². The SMILES string of the molecule is c1ccc(-c2cc(-c3cccc(-c4ccc(-n5c6ccccc6c6ccccc65)cc4)c3)nc(-c3cc(-c4ccccc4)cc(-c4cccc(-c5ccc(-n6c7ccccc7c7ccccc76)cc5)c4)n3)c2)cc1. The lowest BCUT2D eigenvalue weighted by Gasteiger charge is -2.14. The first-order valence-electron chi connectivity index (χ1n) is 25.2. The van der Waals surface area contributed by atoms with Crippen LogP contribution in [0.1, 0.15) is 0 Å². The molecule has 0 bridgehead atoms. The third-order valence-corrected chi connectivity index (χ3v) is 14.5. The topological polar surface area (TPSA) is 35.6 Å². The van der Waals surface area contributed by atoms with Crippen LogP contribution in [0.15, 0.2) is 279 Å². The number of rotatable bonds is 9. The molecule has 4 heteroatoms. The van der Waals surface area contributed by atoms with Gasteiger partial charge in [-0.05, 0) is 129 Å². The smallest absolute Gasteiger partial charge is 0.0900 e. The molecule has 0 aliphatic heterocycles. The number of hydrogen-bond acceptors (Lipinski definition) is 2. The predicted octanol–water partition coefficient (Wildman–Crippen LogP) is 18.3. The van der Waals surface area contributed by atoms with Gasteiger partial charge in [-0.25, -0.2) is 9.97 Å². The molecule has 0 unspecified atom stereocenters. The molecule has 0 atom stereocenters. The maximum absolute atomic E-state index is 5.47. The van der Waals surface area contributed by atoms with Crippen LogP contribution >= 0.6 is 0 Å². The molecular formula is C70H46N4. The van der Waals surface area contributed by atoms with E-state index in [1.165, 1.54) is 43.6 Å². The Kier molecular flexibility index (Phi) is 10.5. The highest BCUT2D eigenvalue weighted by molar-refractivity contribution is 6.10. The van der Waals surface area contributed by atoms with Crippen molar-refractivity contribution in [2.45, 2.75) is 0 Å². The third kappa shape index (κ3) is 7.65. The lowest BCUT2D eigenvalue weighted by atomic mass is 9.97. The van der Waals surface area contributed by atoms with Crippen LogP contribution in [0.5, 0.6) is 0 Å². The number of hydrogen-bond donors (Lipinski definition) is 0. The second kappa shape index (κ2) is 18.1. The molecule has 14 aromatic rings. The second-order valence-electron chi connectivity index (χ2n) is 19.0. The Bertz CT molecular complexity index is 4000. The molecule has 0 saturated heterocycles. The van der Waals surface area contributed by atoms with Gasteiger partial charge in [0.2, 0.25) is 0 Å². The van der Waals surface area contributed by atoms with Crippen LogP contribution in [0.25, 0.3) is 133 Å². The minimum Gasteiger partial charge on any atom is -0.309 e. The maximum Gasteiger partial charge on any atom is 0.0900 e. The van der Waals surface area contributed by atoms with Gasteiger partial charge in [-0.3, -0.25) is 0 Å². The Morgan fingerprint density at radius 1 is 0.189 bits per heavy atom. The molecule has 0 fully saturated rings. The van der Waals surface area contributed by atoms with E-state index in [1.54, 1.807) is 0 Å². The summed E-state index contributed by atoms with van der Waals surface area (Å²) in [6.07, 6.45) is 0. The van der Waals surface area contributed by atoms with Gasteiger partial charge in [0.25, 0.3) is 0 Å². The van der Waals surface area contributed by atoms with Crippen molar-refractivity contribution in [2.24, 2.45) is 0 Å². The molecule has 346 valence electrons. The lowest BCUT2D eigenvalue weighted by Crippen LogP contribution is -1.96. The fourth-order valence-corrected chi connectivity index (χ4v) is 10.9.